The van der Waals surface area contributed by atoms with Gasteiger partial charge in [-0.25, -0.2) is 14.0 Å². The molecule has 0 fully saturated rings. The summed E-state index contributed by atoms with van der Waals surface area (Å²) in [6.07, 6.45) is -0.365. The Balaban J connectivity index is 1.69. The lowest BCUT2D eigenvalue weighted by Gasteiger charge is -2.10. The average Bonchev–Trinajstić information content (AvgIpc) is 2.73. The summed E-state index contributed by atoms with van der Waals surface area (Å²) in [6.45, 7) is 3.34. The maximum absolute atomic E-state index is 14.2. The molecule has 3 aromatic rings. The average molecular weight is 408 g/mol. The summed E-state index contributed by atoms with van der Waals surface area (Å²) in [6, 6.07) is 18.0. The Morgan fingerprint density at radius 2 is 1.37 bits per heavy atom. The summed E-state index contributed by atoms with van der Waals surface area (Å²) >= 11 is 0. The van der Waals surface area contributed by atoms with Gasteiger partial charge < -0.3 is 14.2 Å². The lowest BCUT2D eigenvalue weighted by atomic mass is 10.0. The van der Waals surface area contributed by atoms with Crippen LogP contribution < -0.4 is 9.47 Å². The number of esters is 2. The predicted octanol–water partition coefficient (Wildman–Crippen LogP) is 5.29. The van der Waals surface area contributed by atoms with Gasteiger partial charge in [-0.1, -0.05) is 24.3 Å². The molecule has 0 saturated heterocycles. The molecule has 5 nitrogen and oxygen atoms in total. The molecule has 6 heteroatoms. The predicted molar refractivity (Wildman–Crippen MR) is 110 cm³/mol. The lowest BCUT2D eigenvalue weighted by molar-refractivity contribution is 0.0372. The number of hydrogen-bond acceptors (Lipinski definition) is 5. The second-order valence-electron chi connectivity index (χ2n) is 6.79. The number of carbonyl (C=O) groups excluding carboxylic acids is 2. The van der Waals surface area contributed by atoms with Crippen LogP contribution in [0.3, 0.4) is 0 Å². The quantitative estimate of drug-likeness (QED) is 0.410. The van der Waals surface area contributed by atoms with Gasteiger partial charge in [0, 0.05) is 6.07 Å². The Morgan fingerprint density at radius 1 is 0.800 bits per heavy atom. The second-order valence-corrected chi connectivity index (χ2v) is 6.79. The van der Waals surface area contributed by atoms with Crippen LogP contribution >= 0.6 is 0 Å². The van der Waals surface area contributed by atoms with Gasteiger partial charge in [0.15, 0.2) is 0 Å². The van der Waals surface area contributed by atoms with Crippen molar-refractivity contribution in [3.8, 4) is 22.6 Å². The first-order valence-corrected chi connectivity index (χ1v) is 9.34. The number of ether oxygens (including phenoxy) is 3. The third-order valence-electron chi connectivity index (χ3n) is 4.26. The molecular formula is C24H21FO5. The molecule has 3 rings (SSSR count). The van der Waals surface area contributed by atoms with Gasteiger partial charge in [-0.15, -0.1) is 0 Å². The molecule has 0 aromatic heterocycles. The van der Waals surface area contributed by atoms with Gasteiger partial charge in [0.05, 0.1) is 24.3 Å². The molecule has 0 N–H and O–H groups in total. The first-order chi connectivity index (χ1) is 14.4. The van der Waals surface area contributed by atoms with Crippen molar-refractivity contribution in [2.24, 2.45) is 0 Å². The Hall–Kier alpha value is -3.67. The fourth-order valence-electron chi connectivity index (χ4n) is 2.75. The fourth-order valence-corrected chi connectivity index (χ4v) is 2.75. The van der Waals surface area contributed by atoms with Crippen molar-refractivity contribution >= 4 is 11.9 Å². The molecule has 3 aromatic carbocycles. The third kappa shape index (κ3) is 5.03. The summed E-state index contributed by atoms with van der Waals surface area (Å²) in [7, 11) is 1.60. The van der Waals surface area contributed by atoms with Crippen LogP contribution in [0.15, 0.2) is 66.7 Å². The number of halogens is 1. The zero-order valence-electron chi connectivity index (χ0n) is 16.8. The van der Waals surface area contributed by atoms with E-state index in [0.717, 1.165) is 22.9 Å². The van der Waals surface area contributed by atoms with Crippen LogP contribution in [-0.2, 0) is 4.74 Å². The first-order valence-electron chi connectivity index (χ1n) is 9.34. The molecule has 0 amide bonds. The molecule has 0 saturated carbocycles. The van der Waals surface area contributed by atoms with E-state index in [2.05, 4.69) is 0 Å². The van der Waals surface area contributed by atoms with Gasteiger partial charge in [0.25, 0.3) is 0 Å². The molecule has 0 aliphatic rings. The Kier molecular flexibility index (Phi) is 6.47. The minimum Gasteiger partial charge on any atom is -0.497 e. The van der Waals surface area contributed by atoms with Crippen LogP contribution in [0, 0.1) is 5.82 Å². The van der Waals surface area contributed by atoms with Gasteiger partial charge in [0.1, 0.15) is 17.3 Å². The summed E-state index contributed by atoms with van der Waals surface area (Å²) in [5, 5.41) is 0. The molecule has 0 bridgehead atoms. The van der Waals surface area contributed by atoms with Crippen LogP contribution in [0.4, 0.5) is 4.39 Å². The van der Waals surface area contributed by atoms with E-state index < -0.39 is 17.8 Å². The molecule has 0 spiro atoms. The zero-order valence-corrected chi connectivity index (χ0v) is 16.8. The second kappa shape index (κ2) is 9.22. The van der Waals surface area contributed by atoms with Crippen LogP contribution in [0.25, 0.3) is 11.1 Å². The lowest BCUT2D eigenvalue weighted by Crippen LogP contribution is -2.13. The molecule has 0 unspecified atom stereocenters. The molecule has 0 aliphatic carbocycles. The normalized spacial score (nSPS) is 10.6. The number of methoxy groups -OCH3 is 1. The van der Waals surface area contributed by atoms with Gasteiger partial charge in [-0.05, 0) is 61.4 Å². The fraction of sp³-hybridized carbons (Fsp3) is 0.167. The molecule has 0 atom stereocenters. The van der Waals surface area contributed by atoms with Crippen LogP contribution in [0.2, 0.25) is 0 Å². The summed E-state index contributed by atoms with van der Waals surface area (Å²) in [5.74, 6) is -1.46. The minimum absolute atomic E-state index is 0.00201. The monoisotopic (exact) mass is 408 g/mol. The summed E-state index contributed by atoms with van der Waals surface area (Å²) < 4.78 is 29.5. The van der Waals surface area contributed by atoms with Crippen molar-refractivity contribution in [3.63, 3.8) is 0 Å². The van der Waals surface area contributed by atoms with E-state index >= 15 is 0 Å². The molecule has 0 heterocycles. The molecular weight excluding hydrogens is 387 g/mol. The molecule has 154 valence electrons. The van der Waals surface area contributed by atoms with Crippen LogP contribution in [-0.4, -0.2) is 25.2 Å². The van der Waals surface area contributed by atoms with Crippen molar-refractivity contribution in [2.45, 2.75) is 20.0 Å². The largest absolute Gasteiger partial charge is 0.497 e. The Morgan fingerprint density at radius 3 is 1.90 bits per heavy atom. The number of rotatable bonds is 6. The minimum atomic E-state index is -0.819. The Bertz CT molecular complexity index is 1040. The van der Waals surface area contributed by atoms with Crippen molar-refractivity contribution in [3.05, 3.63) is 83.7 Å². The van der Waals surface area contributed by atoms with Crippen molar-refractivity contribution < 1.29 is 28.2 Å². The SMILES string of the molecule is COc1ccc(-c2ccc(C(=O)Oc3ccc(C(=O)OC(C)C)c(F)c3)cc2)cc1. The van der Waals surface area contributed by atoms with E-state index in [1.807, 2.05) is 24.3 Å². The van der Waals surface area contributed by atoms with E-state index in [9.17, 15) is 14.0 Å². The summed E-state index contributed by atoms with van der Waals surface area (Å²) in [5.41, 5.74) is 2.00. The van der Waals surface area contributed by atoms with Gasteiger partial charge in [-0.3, -0.25) is 0 Å². The zero-order chi connectivity index (χ0) is 21.7. The highest BCUT2D eigenvalue weighted by Gasteiger charge is 2.17. The topological polar surface area (TPSA) is 61.8 Å². The maximum Gasteiger partial charge on any atom is 0.343 e. The van der Waals surface area contributed by atoms with E-state index in [1.165, 1.54) is 12.1 Å². The van der Waals surface area contributed by atoms with Gasteiger partial charge in [-0.2, -0.15) is 0 Å². The van der Waals surface area contributed by atoms with Crippen LogP contribution in [0.1, 0.15) is 34.6 Å². The van der Waals surface area contributed by atoms with Gasteiger partial charge >= 0.3 is 11.9 Å². The third-order valence-corrected chi connectivity index (χ3v) is 4.26. The number of carbonyl (C=O) groups is 2. The van der Waals surface area contributed by atoms with E-state index in [-0.39, 0.29) is 17.4 Å². The highest BCUT2D eigenvalue weighted by atomic mass is 19.1. The number of hydrogen-bond donors (Lipinski definition) is 0. The van der Waals surface area contributed by atoms with Crippen molar-refractivity contribution in [2.75, 3.05) is 7.11 Å². The maximum atomic E-state index is 14.2. The highest BCUT2D eigenvalue weighted by molar-refractivity contribution is 5.92. The smallest absolute Gasteiger partial charge is 0.343 e. The summed E-state index contributed by atoms with van der Waals surface area (Å²) in [4.78, 5) is 24.2. The van der Waals surface area contributed by atoms with Gasteiger partial charge in [0.2, 0.25) is 0 Å². The highest BCUT2D eigenvalue weighted by Crippen LogP contribution is 2.24. The Labute approximate surface area is 174 Å². The van der Waals surface area contributed by atoms with Crippen molar-refractivity contribution in [1.29, 1.82) is 0 Å². The molecule has 0 aliphatic heterocycles. The molecule has 30 heavy (non-hydrogen) atoms. The standard InChI is InChI=1S/C24H21FO5/c1-15(2)29-24(27)21-13-12-20(14-22(21)25)30-23(26)18-6-4-16(5-7-18)17-8-10-19(28-3)11-9-17/h4-15H,1-3H3. The van der Waals surface area contributed by atoms with Crippen LogP contribution in [0.5, 0.6) is 11.5 Å². The van der Waals surface area contributed by atoms with E-state index in [0.29, 0.717) is 5.56 Å². The van der Waals surface area contributed by atoms with E-state index in [1.54, 1.807) is 45.2 Å². The number of benzene rings is 3. The van der Waals surface area contributed by atoms with Crippen molar-refractivity contribution in [1.82, 2.24) is 0 Å². The van der Waals surface area contributed by atoms with E-state index in [4.69, 9.17) is 14.2 Å². The first kappa shape index (κ1) is 21.0. The molecule has 0 radical (unpaired) electrons.